The first-order valence-electron chi connectivity index (χ1n) is 8.37. The van der Waals surface area contributed by atoms with E-state index in [2.05, 4.69) is 22.9 Å². The fourth-order valence-electron chi connectivity index (χ4n) is 2.77. The van der Waals surface area contributed by atoms with Gasteiger partial charge in [0.05, 0.1) is 0 Å². The van der Waals surface area contributed by atoms with Crippen LogP contribution in [0.4, 0.5) is 0 Å². The van der Waals surface area contributed by atoms with Crippen LogP contribution in [-0.2, 0) is 13.2 Å². The number of benzene rings is 1. The molecule has 0 atom stereocenters. The Labute approximate surface area is 155 Å². The molecule has 1 saturated carbocycles. The molecular weight excluding hydrogens is 350 g/mol. The predicted octanol–water partition coefficient (Wildman–Crippen LogP) is 5.19. The number of carbonyl (C=O) groups is 1. The third-order valence-electron chi connectivity index (χ3n) is 4.22. The van der Waals surface area contributed by atoms with Crippen molar-refractivity contribution < 1.29 is 9.53 Å². The Balaban J connectivity index is 1.47. The van der Waals surface area contributed by atoms with Crippen molar-refractivity contribution in [2.75, 3.05) is 0 Å². The summed E-state index contributed by atoms with van der Waals surface area (Å²) in [6.45, 7) is 1.23. The van der Waals surface area contributed by atoms with Gasteiger partial charge in [0, 0.05) is 23.0 Å². The monoisotopic (exact) mass is 369 g/mol. The van der Waals surface area contributed by atoms with E-state index in [-0.39, 0.29) is 5.91 Å². The van der Waals surface area contributed by atoms with Gasteiger partial charge in [0.15, 0.2) is 0 Å². The lowest BCUT2D eigenvalue weighted by molar-refractivity contribution is 0.0729. The van der Waals surface area contributed by atoms with Gasteiger partial charge < -0.3 is 9.64 Å². The van der Waals surface area contributed by atoms with Crippen LogP contribution in [0.3, 0.4) is 0 Å². The zero-order chi connectivity index (χ0) is 17.1. The van der Waals surface area contributed by atoms with Crippen molar-refractivity contribution in [2.24, 2.45) is 0 Å². The molecular formula is C20H19NO2S2. The van der Waals surface area contributed by atoms with E-state index >= 15 is 0 Å². The molecule has 128 valence electrons. The van der Waals surface area contributed by atoms with Gasteiger partial charge >= 0.3 is 0 Å². The molecule has 1 aromatic carbocycles. The van der Waals surface area contributed by atoms with Crippen LogP contribution in [0.25, 0.3) is 0 Å². The highest BCUT2D eigenvalue weighted by molar-refractivity contribution is 7.09. The molecule has 1 amide bonds. The van der Waals surface area contributed by atoms with Gasteiger partial charge in [-0.05, 0) is 64.9 Å². The molecule has 2 heterocycles. The summed E-state index contributed by atoms with van der Waals surface area (Å²) in [6, 6.07) is 14.1. The van der Waals surface area contributed by atoms with E-state index < -0.39 is 0 Å². The number of amides is 1. The molecule has 2 aromatic heterocycles. The normalized spacial score (nSPS) is 13.6. The van der Waals surface area contributed by atoms with Crippen molar-refractivity contribution in [2.45, 2.75) is 32.0 Å². The molecule has 0 N–H and O–H groups in total. The van der Waals surface area contributed by atoms with Crippen molar-refractivity contribution in [3.05, 3.63) is 74.6 Å². The van der Waals surface area contributed by atoms with Crippen LogP contribution in [0.1, 0.15) is 33.6 Å². The van der Waals surface area contributed by atoms with Crippen LogP contribution in [0.15, 0.2) is 58.6 Å². The van der Waals surface area contributed by atoms with Crippen LogP contribution in [0, 0.1) is 0 Å². The van der Waals surface area contributed by atoms with E-state index in [4.69, 9.17) is 4.74 Å². The summed E-state index contributed by atoms with van der Waals surface area (Å²) in [5.74, 6) is 0.834. The summed E-state index contributed by atoms with van der Waals surface area (Å²) in [5.41, 5.74) is 1.90. The predicted molar refractivity (Wildman–Crippen MR) is 102 cm³/mol. The molecule has 1 fully saturated rings. The maximum atomic E-state index is 13.0. The molecule has 0 bridgehead atoms. The van der Waals surface area contributed by atoms with Gasteiger partial charge in [-0.2, -0.15) is 11.3 Å². The highest BCUT2D eigenvalue weighted by Crippen LogP contribution is 2.30. The number of nitrogens with zero attached hydrogens (tertiary/aromatic N) is 1. The van der Waals surface area contributed by atoms with E-state index in [9.17, 15) is 4.79 Å². The quantitative estimate of drug-likeness (QED) is 0.573. The Morgan fingerprint density at radius 1 is 1.16 bits per heavy atom. The van der Waals surface area contributed by atoms with Gasteiger partial charge in [-0.1, -0.05) is 12.1 Å². The number of hydrogen-bond donors (Lipinski definition) is 0. The van der Waals surface area contributed by atoms with Crippen LogP contribution < -0.4 is 4.74 Å². The van der Waals surface area contributed by atoms with Crippen LogP contribution in [-0.4, -0.2) is 16.8 Å². The Hall–Kier alpha value is -2.11. The molecule has 3 aromatic rings. The lowest BCUT2D eigenvalue weighted by atomic mass is 10.1. The molecule has 1 aliphatic carbocycles. The molecule has 0 unspecified atom stereocenters. The number of ether oxygens (including phenoxy) is 1. The fourth-order valence-corrected chi connectivity index (χ4v) is 4.04. The number of hydrogen-bond acceptors (Lipinski definition) is 4. The maximum Gasteiger partial charge on any atom is 0.254 e. The summed E-state index contributed by atoms with van der Waals surface area (Å²) in [7, 11) is 0. The first kappa shape index (κ1) is 16.4. The third kappa shape index (κ3) is 4.11. The molecule has 0 aliphatic heterocycles. The zero-order valence-corrected chi connectivity index (χ0v) is 15.4. The number of rotatable bonds is 7. The molecule has 5 heteroatoms. The highest BCUT2D eigenvalue weighted by atomic mass is 32.1. The molecule has 0 radical (unpaired) electrons. The molecule has 0 saturated heterocycles. The summed E-state index contributed by atoms with van der Waals surface area (Å²) in [4.78, 5) is 16.2. The second-order valence-corrected chi connectivity index (χ2v) is 8.00. The lowest BCUT2D eigenvalue weighted by Gasteiger charge is -2.22. The Bertz CT molecular complexity index is 823. The fraction of sp³-hybridized carbons (Fsp3) is 0.250. The minimum atomic E-state index is 0.0928. The van der Waals surface area contributed by atoms with Crippen molar-refractivity contribution in [1.29, 1.82) is 0 Å². The Morgan fingerprint density at radius 2 is 2.08 bits per heavy atom. The largest absolute Gasteiger partial charge is 0.488 e. The minimum Gasteiger partial charge on any atom is -0.488 e. The number of carbonyl (C=O) groups excluding carboxylic acids is 1. The lowest BCUT2D eigenvalue weighted by Crippen LogP contribution is -2.32. The standard InChI is InChI=1S/C20H19NO2S2/c22-20(21(17-6-7-17)12-15-8-10-24-14-15)16-3-1-4-18(11-16)23-13-19-5-2-9-25-19/h1-5,8-11,14,17H,6-7,12-13H2. The van der Waals surface area contributed by atoms with Gasteiger partial charge in [0.2, 0.25) is 0 Å². The second kappa shape index (κ2) is 7.42. The minimum absolute atomic E-state index is 0.0928. The van der Waals surface area contributed by atoms with Gasteiger partial charge in [0.25, 0.3) is 5.91 Å². The summed E-state index contributed by atoms with van der Waals surface area (Å²) >= 11 is 3.34. The molecule has 0 spiro atoms. The van der Waals surface area contributed by atoms with Crippen molar-refractivity contribution in [1.82, 2.24) is 4.90 Å². The van der Waals surface area contributed by atoms with Crippen molar-refractivity contribution in [3.8, 4) is 5.75 Å². The molecule has 4 rings (SSSR count). The topological polar surface area (TPSA) is 29.5 Å². The first-order chi connectivity index (χ1) is 12.3. The SMILES string of the molecule is O=C(c1cccc(OCc2cccs2)c1)N(Cc1ccsc1)C1CC1. The smallest absolute Gasteiger partial charge is 0.254 e. The van der Waals surface area contributed by atoms with Crippen molar-refractivity contribution >= 4 is 28.6 Å². The van der Waals surface area contributed by atoms with Gasteiger partial charge in [0.1, 0.15) is 12.4 Å². The summed E-state index contributed by atoms with van der Waals surface area (Å²) < 4.78 is 5.84. The van der Waals surface area contributed by atoms with E-state index in [0.29, 0.717) is 24.8 Å². The molecule has 25 heavy (non-hydrogen) atoms. The van der Waals surface area contributed by atoms with E-state index in [1.54, 1.807) is 22.7 Å². The van der Waals surface area contributed by atoms with Gasteiger partial charge in [-0.15, -0.1) is 11.3 Å². The number of thiophene rings is 2. The second-order valence-electron chi connectivity index (χ2n) is 6.19. The Morgan fingerprint density at radius 3 is 2.80 bits per heavy atom. The first-order valence-corrected chi connectivity index (χ1v) is 10.2. The summed E-state index contributed by atoms with van der Waals surface area (Å²) in [6.07, 6.45) is 2.20. The van der Waals surface area contributed by atoms with E-state index in [1.165, 1.54) is 10.4 Å². The average Bonchev–Trinajstić information content (AvgIpc) is 3.12. The zero-order valence-electron chi connectivity index (χ0n) is 13.8. The Kier molecular flexibility index (Phi) is 4.85. The maximum absolute atomic E-state index is 13.0. The van der Waals surface area contributed by atoms with Crippen LogP contribution in [0.2, 0.25) is 0 Å². The van der Waals surface area contributed by atoms with Gasteiger partial charge in [-0.3, -0.25) is 4.79 Å². The van der Waals surface area contributed by atoms with Crippen LogP contribution in [0.5, 0.6) is 5.75 Å². The average molecular weight is 370 g/mol. The summed E-state index contributed by atoms with van der Waals surface area (Å²) in [5, 5.41) is 6.21. The highest BCUT2D eigenvalue weighted by Gasteiger charge is 2.33. The third-order valence-corrected chi connectivity index (χ3v) is 5.81. The van der Waals surface area contributed by atoms with E-state index in [0.717, 1.165) is 18.6 Å². The van der Waals surface area contributed by atoms with Gasteiger partial charge in [-0.25, -0.2) is 0 Å². The van der Waals surface area contributed by atoms with E-state index in [1.807, 2.05) is 40.6 Å². The van der Waals surface area contributed by atoms with Crippen molar-refractivity contribution in [3.63, 3.8) is 0 Å². The molecule has 3 nitrogen and oxygen atoms in total. The van der Waals surface area contributed by atoms with Crippen LogP contribution >= 0.6 is 22.7 Å². The molecule has 1 aliphatic rings.